The van der Waals surface area contributed by atoms with Crippen molar-refractivity contribution in [3.8, 4) is 5.69 Å². The third-order valence-corrected chi connectivity index (χ3v) is 4.33. The molecule has 1 aliphatic rings. The second kappa shape index (κ2) is 5.70. The van der Waals surface area contributed by atoms with Gasteiger partial charge in [-0.1, -0.05) is 22.9 Å². The zero-order valence-electron chi connectivity index (χ0n) is 12.0. The van der Waals surface area contributed by atoms with Crippen LogP contribution in [0.4, 0.5) is 0 Å². The van der Waals surface area contributed by atoms with E-state index in [-0.39, 0.29) is 0 Å². The Labute approximate surface area is 128 Å². The van der Waals surface area contributed by atoms with Gasteiger partial charge in [0.05, 0.1) is 11.9 Å². The van der Waals surface area contributed by atoms with Crippen LogP contribution in [-0.2, 0) is 13.0 Å². The summed E-state index contributed by atoms with van der Waals surface area (Å²) in [5, 5.41) is 8.18. The van der Waals surface area contributed by atoms with Crippen molar-refractivity contribution in [2.75, 3.05) is 0 Å². The van der Waals surface area contributed by atoms with Crippen LogP contribution in [0.3, 0.4) is 0 Å². The summed E-state index contributed by atoms with van der Waals surface area (Å²) in [6, 6.07) is 7.07. The summed E-state index contributed by atoms with van der Waals surface area (Å²) < 4.78 is 3.20. The van der Waals surface area contributed by atoms with Crippen LogP contribution in [-0.4, -0.2) is 15.8 Å². The molecular weight excluding hydrogens is 314 g/mol. The number of hydrogen-bond acceptors (Lipinski definition) is 2. The Balaban J connectivity index is 1.91. The van der Waals surface area contributed by atoms with E-state index < -0.39 is 0 Å². The highest BCUT2D eigenvalue weighted by atomic mass is 79.9. The quantitative estimate of drug-likeness (QED) is 0.902. The summed E-state index contributed by atoms with van der Waals surface area (Å²) in [6.07, 6.45) is 5.65. The number of rotatable bonds is 5. The summed E-state index contributed by atoms with van der Waals surface area (Å²) in [7, 11) is 0. The van der Waals surface area contributed by atoms with Gasteiger partial charge in [0.15, 0.2) is 0 Å². The maximum absolute atomic E-state index is 4.61. The first-order chi connectivity index (χ1) is 9.69. The third kappa shape index (κ3) is 2.81. The van der Waals surface area contributed by atoms with E-state index in [4.69, 9.17) is 0 Å². The topological polar surface area (TPSA) is 29.9 Å². The number of nitrogens with zero attached hydrogens (tertiary/aromatic N) is 2. The number of aryl methyl sites for hydroxylation is 1. The number of hydrogen-bond donors (Lipinski definition) is 1. The molecule has 0 atom stereocenters. The van der Waals surface area contributed by atoms with Crippen molar-refractivity contribution >= 4 is 15.9 Å². The van der Waals surface area contributed by atoms with Crippen LogP contribution in [0.1, 0.15) is 36.6 Å². The molecular formula is C16H20BrN3. The van der Waals surface area contributed by atoms with Crippen molar-refractivity contribution in [3.63, 3.8) is 0 Å². The van der Waals surface area contributed by atoms with Crippen molar-refractivity contribution in [2.24, 2.45) is 0 Å². The zero-order chi connectivity index (χ0) is 14.1. The maximum atomic E-state index is 4.61. The van der Waals surface area contributed by atoms with Crippen molar-refractivity contribution in [1.29, 1.82) is 0 Å². The normalized spacial score (nSPS) is 14.8. The zero-order valence-corrected chi connectivity index (χ0v) is 13.6. The van der Waals surface area contributed by atoms with Gasteiger partial charge >= 0.3 is 0 Å². The highest BCUT2D eigenvalue weighted by Crippen LogP contribution is 2.23. The average molecular weight is 334 g/mol. The Bertz CT molecular complexity index is 614. The molecule has 0 radical (unpaired) electrons. The molecule has 106 valence electrons. The number of aromatic nitrogens is 2. The minimum absolute atomic E-state index is 0.734. The molecule has 0 spiro atoms. The molecule has 1 saturated carbocycles. The van der Waals surface area contributed by atoms with Gasteiger partial charge in [-0.3, -0.25) is 0 Å². The van der Waals surface area contributed by atoms with Crippen molar-refractivity contribution in [3.05, 3.63) is 45.7 Å². The highest BCUT2D eigenvalue weighted by molar-refractivity contribution is 9.10. The van der Waals surface area contributed by atoms with Gasteiger partial charge < -0.3 is 5.32 Å². The number of halogens is 1. The third-order valence-electron chi connectivity index (χ3n) is 3.84. The fraction of sp³-hybridized carbons (Fsp3) is 0.438. The lowest BCUT2D eigenvalue weighted by molar-refractivity contribution is 0.680. The predicted octanol–water partition coefficient (Wildman–Crippen LogP) is 3.76. The van der Waals surface area contributed by atoms with Crippen LogP contribution in [0.15, 0.2) is 28.9 Å². The van der Waals surface area contributed by atoms with Gasteiger partial charge in [-0.2, -0.15) is 5.10 Å². The Morgan fingerprint density at radius 2 is 2.20 bits per heavy atom. The molecule has 3 rings (SSSR count). The molecule has 2 aromatic rings. The molecule has 20 heavy (non-hydrogen) atoms. The van der Waals surface area contributed by atoms with E-state index in [1.165, 1.54) is 35.3 Å². The van der Waals surface area contributed by atoms with Crippen molar-refractivity contribution in [1.82, 2.24) is 15.1 Å². The van der Waals surface area contributed by atoms with Gasteiger partial charge in [0.1, 0.15) is 0 Å². The Hall–Kier alpha value is -1.13. The second-order valence-electron chi connectivity index (χ2n) is 5.47. The molecule has 0 amide bonds. The molecule has 4 heteroatoms. The molecule has 0 aliphatic heterocycles. The molecule has 0 unspecified atom stereocenters. The predicted molar refractivity (Wildman–Crippen MR) is 85.2 cm³/mol. The first kappa shape index (κ1) is 13.8. The number of nitrogens with one attached hydrogen (secondary N) is 1. The van der Waals surface area contributed by atoms with Crippen molar-refractivity contribution in [2.45, 2.75) is 45.7 Å². The van der Waals surface area contributed by atoms with Crippen LogP contribution in [0, 0.1) is 6.92 Å². The molecule has 1 aromatic carbocycles. The van der Waals surface area contributed by atoms with E-state index >= 15 is 0 Å². The molecule has 1 aromatic heterocycles. The molecule has 1 N–H and O–H groups in total. The second-order valence-corrected chi connectivity index (χ2v) is 6.38. The lowest BCUT2D eigenvalue weighted by Crippen LogP contribution is -2.16. The van der Waals surface area contributed by atoms with Crippen LogP contribution in [0.2, 0.25) is 0 Å². The smallest absolute Gasteiger partial charge is 0.0678 e. The average Bonchev–Trinajstić information content (AvgIpc) is 3.16. The standard InChI is InChI=1S/C16H20BrN3/c1-3-15-12(9-18-14-5-6-14)10-19-20(15)16-7-4-13(17)8-11(16)2/h4,7-8,10,14,18H,3,5-6,9H2,1-2H3. The summed E-state index contributed by atoms with van der Waals surface area (Å²) in [5.41, 5.74) is 5.03. The van der Waals surface area contributed by atoms with E-state index in [0.717, 1.165) is 23.5 Å². The summed E-state index contributed by atoms with van der Waals surface area (Å²) in [6.45, 7) is 5.26. The monoisotopic (exact) mass is 333 g/mol. The SMILES string of the molecule is CCc1c(CNC2CC2)cnn1-c1ccc(Br)cc1C. The number of benzene rings is 1. The van der Waals surface area contributed by atoms with E-state index in [1.807, 2.05) is 6.20 Å². The molecule has 1 fully saturated rings. The van der Waals surface area contributed by atoms with Gasteiger partial charge in [-0.15, -0.1) is 0 Å². The van der Waals surface area contributed by atoms with E-state index in [1.54, 1.807) is 0 Å². The molecule has 3 nitrogen and oxygen atoms in total. The maximum Gasteiger partial charge on any atom is 0.0678 e. The van der Waals surface area contributed by atoms with Gasteiger partial charge in [-0.25, -0.2) is 4.68 Å². The van der Waals surface area contributed by atoms with E-state index in [9.17, 15) is 0 Å². The largest absolute Gasteiger partial charge is 0.310 e. The fourth-order valence-electron chi connectivity index (χ4n) is 2.54. The van der Waals surface area contributed by atoms with Gasteiger partial charge in [-0.05, 0) is 49.9 Å². The summed E-state index contributed by atoms with van der Waals surface area (Å²) in [5.74, 6) is 0. The lowest BCUT2D eigenvalue weighted by atomic mass is 10.1. The summed E-state index contributed by atoms with van der Waals surface area (Å²) >= 11 is 3.52. The minimum atomic E-state index is 0.734. The first-order valence-electron chi connectivity index (χ1n) is 7.24. The van der Waals surface area contributed by atoms with Crippen LogP contribution in [0.25, 0.3) is 5.69 Å². The van der Waals surface area contributed by atoms with Crippen LogP contribution in [0.5, 0.6) is 0 Å². The van der Waals surface area contributed by atoms with Crippen molar-refractivity contribution < 1.29 is 0 Å². The van der Waals surface area contributed by atoms with Crippen LogP contribution < -0.4 is 5.32 Å². The Morgan fingerprint density at radius 3 is 2.85 bits per heavy atom. The first-order valence-corrected chi connectivity index (χ1v) is 8.04. The minimum Gasteiger partial charge on any atom is -0.310 e. The van der Waals surface area contributed by atoms with Gasteiger partial charge in [0.2, 0.25) is 0 Å². The molecule has 0 saturated heterocycles. The molecule has 1 heterocycles. The Kier molecular flexibility index (Phi) is 3.94. The van der Waals surface area contributed by atoms with Gasteiger partial charge in [0, 0.05) is 28.3 Å². The lowest BCUT2D eigenvalue weighted by Gasteiger charge is -2.11. The fourth-order valence-corrected chi connectivity index (χ4v) is 3.01. The van der Waals surface area contributed by atoms with E-state index in [2.05, 4.69) is 63.1 Å². The van der Waals surface area contributed by atoms with Gasteiger partial charge in [0.25, 0.3) is 0 Å². The van der Waals surface area contributed by atoms with Crippen LogP contribution >= 0.6 is 15.9 Å². The highest BCUT2D eigenvalue weighted by Gasteiger charge is 2.21. The Morgan fingerprint density at radius 1 is 1.40 bits per heavy atom. The summed E-state index contributed by atoms with van der Waals surface area (Å²) in [4.78, 5) is 0. The molecule has 0 bridgehead atoms. The molecule has 1 aliphatic carbocycles. The van der Waals surface area contributed by atoms with E-state index in [0.29, 0.717) is 0 Å².